The van der Waals surface area contributed by atoms with Gasteiger partial charge in [0.25, 0.3) is 0 Å². The van der Waals surface area contributed by atoms with Gasteiger partial charge in [-0.1, -0.05) is 133 Å². The Morgan fingerprint density at radius 2 is 0.965 bits per heavy atom. The molecule has 7 aromatic carbocycles. The topological polar surface area (TPSA) is 12.4 Å². The van der Waals surface area contributed by atoms with E-state index in [0.717, 1.165) is 58.5 Å². The van der Waals surface area contributed by atoms with Gasteiger partial charge in [-0.25, -0.2) is 0 Å². The third-order valence-electron chi connectivity index (χ3n) is 10.4. The minimum Gasteiger partial charge on any atom is -0.291 e. The molecule has 7 aromatic rings. The summed E-state index contributed by atoms with van der Waals surface area (Å²) in [5.41, 5.74) is 8.82. The maximum Gasteiger partial charge on any atom is 0.416 e. The van der Waals surface area contributed by atoms with Crippen LogP contribution in [0.1, 0.15) is 61.6 Å². The standard InChI is InChI=1S/C50H39F6N/c1-31-5-9-34(10-6-31)11-26-46(35-12-7-32(2)8-13-35)36-14-16-37(17-15-36)47(33(3)38-18-19-41-29-44(49(51,52)53)24-22-39(41)27-38)48(57-4)43-21-20-42-30-45(50(54,55)56)25-23-40(42)28-43/h5-10,12-30,47H,3,11H2,1-2,4H3/b46-26-,57-48-. The third-order valence-corrected chi connectivity index (χ3v) is 10.4. The maximum atomic E-state index is 13.5. The molecular formula is C50H39F6N. The van der Waals surface area contributed by atoms with Crippen molar-refractivity contribution in [1.29, 1.82) is 0 Å². The Labute approximate surface area is 328 Å². The second kappa shape index (κ2) is 15.7. The van der Waals surface area contributed by atoms with Gasteiger partial charge in [0.2, 0.25) is 0 Å². The van der Waals surface area contributed by atoms with Gasteiger partial charge in [-0.15, -0.1) is 0 Å². The zero-order valence-electron chi connectivity index (χ0n) is 31.6. The van der Waals surface area contributed by atoms with Crippen LogP contribution in [0, 0.1) is 13.8 Å². The van der Waals surface area contributed by atoms with Crippen LogP contribution in [0.15, 0.2) is 163 Å². The highest BCUT2D eigenvalue weighted by molar-refractivity contribution is 6.13. The highest BCUT2D eigenvalue weighted by atomic mass is 19.4. The lowest BCUT2D eigenvalue weighted by Gasteiger charge is -2.24. The Bertz CT molecular complexity index is 2640. The van der Waals surface area contributed by atoms with E-state index in [4.69, 9.17) is 4.99 Å². The number of allylic oxidation sites excluding steroid dienone is 2. The van der Waals surface area contributed by atoms with E-state index in [1.165, 1.54) is 23.3 Å². The Morgan fingerprint density at radius 1 is 0.544 bits per heavy atom. The molecule has 0 saturated carbocycles. The highest BCUT2D eigenvalue weighted by Crippen LogP contribution is 2.39. The van der Waals surface area contributed by atoms with Gasteiger partial charge in [0, 0.05) is 7.05 Å². The van der Waals surface area contributed by atoms with E-state index in [0.29, 0.717) is 44.0 Å². The number of aliphatic imine (C=N–C) groups is 1. The zero-order valence-corrected chi connectivity index (χ0v) is 31.6. The van der Waals surface area contributed by atoms with E-state index in [-0.39, 0.29) is 0 Å². The molecular weight excluding hydrogens is 729 g/mol. The fourth-order valence-corrected chi connectivity index (χ4v) is 7.25. The molecule has 0 fully saturated rings. The molecule has 0 N–H and O–H groups in total. The highest BCUT2D eigenvalue weighted by Gasteiger charge is 2.32. The van der Waals surface area contributed by atoms with Crippen LogP contribution in [0.4, 0.5) is 26.3 Å². The van der Waals surface area contributed by atoms with Crippen LogP contribution < -0.4 is 0 Å². The summed E-state index contributed by atoms with van der Waals surface area (Å²) in [6.45, 7) is 8.67. The Hall–Kier alpha value is -6.21. The van der Waals surface area contributed by atoms with Crippen molar-refractivity contribution in [2.24, 2.45) is 4.99 Å². The summed E-state index contributed by atoms with van der Waals surface area (Å²) in [5.74, 6) is -0.526. The van der Waals surface area contributed by atoms with Gasteiger partial charge in [0.1, 0.15) is 0 Å². The van der Waals surface area contributed by atoms with Crippen LogP contribution >= 0.6 is 0 Å². The molecule has 1 nitrogen and oxygen atoms in total. The molecule has 0 saturated heterocycles. The maximum absolute atomic E-state index is 13.5. The summed E-state index contributed by atoms with van der Waals surface area (Å²) >= 11 is 0. The smallest absolute Gasteiger partial charge is 0.291 e. The van der Waals surface area contributed by atoms with Crippen molar-refractivity contribution in [3.63, 3.8) is 0 Å². The fraction of sp³-hybridized carbons (Fsp3) is 0.140. The number of aryl methyl sites for hydroxylation is 2. The van der Waals surface area contributed by atoms with Crippen LogP contribution in [0.5, 0.6) is 0 Å². The third kappa shape index (κ3) is 8.63. The van der Waals surface area contributed by atoms with Gasteiger partial charge < -0.3 is 0 Å². The second-order valence-electron chi connectivity index (χ2n) is 14.4. The lowest BCUT2D eigenvalue weighted by molar-refractivity contribution is -0.138. The predicted octanol–water partition coefficient (Wildman–Crippen LogP) is 14.2. The number of hydrogen-bond donors (Lipinski definition) is 0. The molecule has 7 heteroatoms. The number of rotatable bonds is 9. The van der Waals surface area contributed by atoms with E-state index in [2.05, 4.69) is 87.2 Å². The minimum absolute atomic E-state index is 0.442. The molecule has 286 valence electrons. The van der Waals surface area contributed by atoms with E-state index >= 15 is 0 Å². The quantitative estimate of drug-likeness (QED) is 0.102. The second-order valence-corrected chi connectivity index (χ2v) is 14.4. The summed E-state index contributed by atoms with van der Waals surface area (Å²) in [5, 5.41) is 2.13. The van der Waals surface area contributed by atoms with Crippen molar-refractivity contribution in [2.45, 2.75) is 38.5 Å². The molecule has 0 aliphatic rings. The molecule has 0 aliphatic heterocycles. The molecule has 0 amide bonds. The van der Waals surface area contributed by atoms with Gasteiger partial charge in [-0.2, -0.15) is 26.3 Å². The number of fused-ring (bicyclic) bond motifs is 2. The van der Waals surface area contributed by atoms with Crippen molar-refractivity contribution in [1.82, 2.24) is 0 Å². The normalized spacial score (nSPS) is 13.3. The molecule has 1 atom stereocenters. The lowest BCUT2D eigenvalue weighted by Crippen LogP contribution is -2.16. The first kappa shape index (κ1) is 39.0. The number of halogens is 6. The van der Waals surface area contributed by atoms with Crippen molar-refractivity contribution >= 4 is 38.4 Å². The molecule has 57 heavy (non-hydrogen) atoms. The molecule has 7 rings (SSSR count). The molecule has 0 bridgehead atoms. The molecule has 0 heterocycles. The first-order valence-electron chi connectivity index (χ1n) is 18.5. The first-order valence-corrected chi connectivity index (χ1v) is 18.5. The van der Waals surface area contributed by atoms with Crippen LogP contribution in [-0.2, 0) is 18.8 Å². The average Bonchev–Trinajstić information content (AvgIpc) is 3.20. The predicted molar refractivity (Wildman–Crippen MR) is 222 cm³/mol. The zero-order chi connectivity index (χ0) is 40.5. The summed E-state index contributed by atoms with van der Waals surface area (Å²) in [7, 11) is 1.67. The van der Waals surface area contributed by atoms with E-state index in [9.17, 15) is 26.3 Å². The van der Waals surface area contributed by atoms with Gasteiger partial charge >= 0.3 is 12.4 Å². The van der Waals surface area contributed by atoms with Gasteiger partial charge in [0.05, 0.1) is 22.8 Å². The number of benzene rings is 7. The monoisotopic (exact) mass is 767 g/mol. The van der Waals surface area contributed by atoms with Crippen LogP contribution in [0.25, 0.3) is 32.7 Å². The summed E-state index contributed by atoms with van der Waals surface area (Å²) < 4.78 is 81.2. The molecule has 0 aromatic heterocycles. The van der Waals surface area contributed by atoms with Gasteiger partial charge in [-0.05, 0) is 123 Å². The Balaban J connectivity index is 1.32. The molecule has 1 unspecified atom stereocenters. The number of nitrogens with zero attached hydrogens (tertiary/aromatic N) is 1. The molecule has 0 radical (unpaired) electrons. The van der Waals surface area contributed by atoms with E-state index in [1.54, 1.807) is 31.3 Å². The molecule has 0 aliphatic carbocycles. The van der Waals surface area contributed by atoms with Gasteiger partial charge in [-0.3, -0.25) is 4.99 Å². The SMILES string of the molecule is C=C(c1ccc2cc(C(F)(F)F)ccc2c1)C(/C(=N\C)c1ccc2cc(C(F)(F)F)ccc2c1)c1ccc(/C(=C\Cc2ccc(C)cc2)c2ccc(C)cc2)cc1. The van der Waals surface area contributed by atoms with Crippen molar-refractivity contribution in [3.8, 4) is 0 Å². The van der Waals surface area contributed by atoms with Crippen LogP contribution in [-0.4, -0.2) is 12.8 Å². The van der Waals surface area contributed by atoms with E-state index < -0.39 is 29.4 Å². The summed E-state index contributed by atoms with van der Waals surface area (Å²) in [6.07, 6.45) is -5.97. The van der Waals surface area contributed by atoms with Crippen molar-refractivity contribution < 1.29 is 26.3 Å². The summed E-state index contributed by atoms with van der Waals surface area (Å²) in [6, 6.07) is 43.0. The van der Waals surface area contributed by atoms with Crippen molar-refractivity contribution in [3.05, 3.63) is 214 Å². The Morgan fingerprint density at radius 3 is 1.47 bits per heavy atom. The number of hydrogen-bond acceptors (Lipinski definition) is 1. The van der Waals surface area contributed by atoms with Crippen LogP contribution in [0.3, 0.4) is 0 Å². The molecule has 0 spiro atoms. The minimum atomic E-state index is -4.47. The lowest BCUT2D eigenvalue weighted by atomic mass is 9.80. The van der Waals surface area contributed by atoms with E-state index in [1.807, 2.05) is 24.3 Å². The van der Waals surface area contributed by atoms with Gasteiger partial charge in [0.15, 0.2) is 0 Å². The average molecular weight is 768 g/mol. The van der Waals surface area contributed by atoms with Crippen molar-refractivity contribution in [2.75, 3.05) is 7.05 Å². The Kier molecular flexibility index (Phi) is 10.8. The summed E-state index contributed by atoms with van der Waals surface area (Å²) in [4.78, 5) is 4.77. The van der Waals surface area contributed by atoms with Crippen LogP contribution in [0.2, 0.25) is 0 Å². The largest absolute Gasteiger partial charge is 0.416 e. The fourth-order valence-electron chi connectivity index (χ4n) is 7.25. The number of alkyl halides is 6. The first-order chi connectivity index (χ1) is 27.2.